The number of rotatable bonds is 5. The zero-order valence-corrected chi connectivity index (χ0v) is 11.7. The van der Waals surface area contributed by atoms with Crippen molar-refractivity contribution in [2.45, 2.75) is 12.3 Å². The molecule has 0 bridgehead atoms. The zero-order valence-electron chi connectivity index (χ0n) is 10.9. The summed E-state index contributed by atoms with van der Waals surface area (Å²) < 4.78 is 5.25. The largest absolute Gasteiger partial charge is 0.496 e. The molecule has 2 rings (SSSR count). The van der Waals surface area contributed by atoms with E-state index in [1.807, 2.05) is 24.3 Å². The molecule has 104 valence electrons. The van der Waals surface area contributed by atoms with Gasteiger partial charge in [0.2, 0.25) is 0 Å². The minimum atomic E-state index is -0.927. The maximum Gasteiger partial charge on any atom is 0.311 e. The van der Waals surface area contributed by atoms with E-state index in [0.29, 0.717) is 22.8 Å². The number of halogens is 1. The minimum Gasteiger partial charge on any atom is -0.496 e. The fourth-order valence-corrected chi connectivity index (χ4v) is 2.34. The number of ether oxygens (including phenoxy) is 1. The van der Waals surface area contributed by atoms with Crippen LogP contribution in [-0.4, -0.2) is 23.2 Å². The van der Waals surface area contributed by atoms with Crippen LogP contribution < -0.4 is 4.74 Å². The van der Waals surface area contributed by atoms with Gasteiger partial charge in [0.1, 0.15) is 5.75 Å². The van der Waals surface area contributed by atoms with Gasteiger partial charge in [-0.25, -0.2) is 0 Å². The lowest BCUT2D eigenvalue weighted by Gasteiger charge is -2.16. The second-order valence-corrected chi connectivity index (χ2v) is 4.71. The number of carboxylic acids is 1. The number of aromatic nitrogens is 1. The molecular formula is C15H14ClNO3. The molecule has 5 heteroatoms. The predicted molar refractivity (Wildman–Crippen MR) is 76.3 cm³/mol. The molecule has 1 heterocycles. The number of hydrogen-bond acceptors (Lipinski definition) is 3. The Balaban J connectivity index is 2.36. The monoisotopic (exact) mass is 291 g/mol. The Morgan fingerprint density at radius 3 is 2.80 bits per heavy atom. The van der Waals surface area contributed by atoms with Crippen LogP contribution in [0.25, 0.3) is 0 Å². The molecule has 0 fully saturated rings. The van der Waals surface area contributed by atoms with Gasteiger partial charge in [0.15, 0.2) is 0 Å². The van der Waals surface area contributed by atoms with Crippen molar-refractivity contribution in [1.29, 1.82) is 0 Å². The molecular weight excluding hydrogens is 278 g/mol. The van der Waals surface area contributed by atoms with Gasteiger partial charge in [0, 0.05) is 12.4 Å². The molecule has 1 aromatic heterocycles. The molecule has 2 aromatic rings. The van der Waals surface area contributed by atoms with Gasteiger partial charge in [-0.3, -0.25) is 9.78 Å². The van der Waals surface area contributed by atoms with Crippen LogP contribution in [0.1, 0.15) is 17.0 Å². The Hall–Kier alpha value is -2.07. The highest BCUT2D eigenvalue weighted by molar-refractivity contribution is 6.31. The van der Waals surface area contributed by atoms with Crippen molar-refractivity contribution in [3.05, 3.63) is 58.9 Å². The van der Waals surface area contributed by atoms with Crippen LogP contribution in [0.5, 0.6) is 5.75 Å². The van der Waals surface area contributed by atoms with E-state index in [4.69, 9.17) is 16.3 Å². The van der Waals surface area contributed by atoms with Gasteiger partial charge in [-0.15, -0.1) is 0 Å². The first kappa shape index (κ1) is 14.3. The first-order chi connectivity index (χ1) is 9.63. The van der Waals surface area contributed by atoms with Gasteiger partial charge in [-0.2, -0.15) is 0 Å². The van der Waals surface area contributed by atoms with Crippen molar-refractivity contribution < 1.29 is 14.6 Å². The molecule has 1 N–H and O–H groups in total. The molecule has 0 saturated carbocycles. The lowest BCUT2D eigenvalue weighted by molar-refractivity contribution is -0.138. The van der Waals surface area contributed by atoms with Gasteiger partial charge in [0.25, 0.3) is 0 Å². The molecule has 0 radical (unpaired) electrons. The molecule has 0 spiro atoms. The number of para-hydroxylation sites is 1. The second-order valence-electron chi connectivity index (χ2n) is 4.30. The number of carbonyl (C=O) groups is 1. The van der Waals surface area contributed by atoms with Crippen LogP contribution in [-0.2, 0) is 11.2 Å². The molecule has 20 heavy (non-hydrogen) atoms. The van der Waals surface area contributed by atoms with E-state index in [-0.39, 0.29) is 0 Å². The van der Waals surface area contributed by atoms with E-state index < -0.39 is 11.9 Å². The average Bonchev–Trinajstić information content (AvgIpc) is 2.46. The smallest absolute Gasteiger partial charge is 0.311 e. The second kappa shape index (κ2) is 6.39. The number of pyridine rings is 1. The predicted octanol–water partition coefficient (Wildman–Crippen LogP) is 3.15. The third-order valence-corrected chi connectivity index (χ3v) is 3.41. The highest BCUT2D eigenvalue weighted by Crippen LogP contribution is 2.30. The van der Waals surface area contributed by atoms with E-state index in [0.717, 1.165) is 5.56 Å². The fourth-order valence-electron chi connectivity index (χ4n) is 2.09. The Morgan fingerprint density at radius 1 is 1.40 bits per heavy atom. The van der Waals surface area contributed by atoms with Gasteiger partial charge >= 0.3 is 5.97 Å². The van der Waals surface area contributed by atoms with Crippen LogP contribution >= 0.6 is 11.6 Å². The summed E-state index contributed by atoms with van der Waals surface area (Å²) in [6, 6.07) is 8.99. The maximum atomic E-state index is 11.5. The topological polar surface area (TPSA) is 59.4 Å². The highest BCUT2D eigenvalue weighted by atomic mass is 35.5. The Bertz CT molecular complexity index is 616. The molecule has 1 unspecified atom stereocenters. The maximum absolute atomic E-state index is 11.5. The van der Waals surface area contributed by atoms with Gasteiger partial charge in [0.05, 0.1) is 18.1 Å². The Kier molecular flexibility index (Phi) is 4.58. The number of benzene rings is 1. The van der Waals surface area contributed by atoms with Crippen LogP contribution in [0.15, 0.2) is 42.7 Å². The molecule has 0 saturated heterocycles. The van der Waals surface area contributed by atoms with Gasteiger partial charge in [-0.05, 0) is 29.7 Å². The average molecular weight is 292 g/mol. The summed E-state index contributed by atoms with van der Waals surface area (Å²) in [4.78, 5) is 15.4. The molecule has 0 aliphatic carbocycles. The quantitative estimate of drug-likeness (QED) is 0.919. The summed E-state index contributed by atoms with van der Waals surface area (Å²) in [6.07, 6.45) is 3.30. The molecule has 0 amide bonds. The summed E-state index contributed by atoms with van der Waals surface area (Å²) in [5.41, 5.74) is 1.38. The Labute approximate surface area is 122 Å². The third-order valence-electron chi connectivity index (χ3n) is 3.09. The number of aliphatic carboxylic acids is 1. The van der Waals surface area contributed by atoms with E-state index in [1.54, 1.807) is 19.4 Å². The van der Waals surface area contributed by atoms with E-state index in [9.17, 15) is 9.90 Å². The van der Waals surface area contributed by atoms with Crippen LogP contribution in [0.3, 0.4) is 0 Å². The summed E-state index contributed by atoms with van der Waals surface area (Å²) in [7, 11) is 1.56. The first-order valence-electron chi connectivity index (χ1n) is 6.07. The van der Waals surface area contributed by atoms with Crippen LogP contribution in [0, 0.1) is 0 Å². The number of methoxy groups -OCH3 is 1. The minimum absolute atomic E-state index is 0.309. The summed E-state index contributed by atoms with van der Waals surface area (Å²) in [5, 5.41) is 9.81. The van der Waals surface area contributed by atoms with Crippen molar-refractivity contribution in [1.82, 2.24) is 4.98 Å². The van der Waals surface area contributed by atoms with Gasteiger partial charge in [-0.1, -0.05) is 29.8 Å². The van der Waals surface area contributed by atoms with Crippen LogP contribution in [0.4, 0.5) is 0 Å². The van der Waals surface area contributed by atoms with Crippen molar-refractivity contribution in [2.75, 3.05) is 7.11 Å². The summed E-state index contributed by atoms with van der Waals surface area (Å²) in [5.74, 6) is -0.991. The Morgan fingerprint density at radius 2 is 2.15 bits per heavy atom. The normalized spacial score (nSPS) is 11.9. The number of hydrogen-bond donors (Lipinski definition) is 1. The number of carboxylic acid groups (broad SMARTS) is 1. The fraction of sp³-hybridized carbons (Fsp3) is 0.200. The third kappa shape index (κ3) is 3.08. The molecule has 0 aliphatic heterocycles. The molecule has 4 nitrogen and oxygen atoms in total. The van der Waals surface area contributed by atoms with E-state index in [1.165, 1.54) is 6.20 Å². The zero-order chi connectivity index (χ0) is 14.5. The highest BCUT2D eigenvalue weighted by Gasteiger charge is 2.24. The number of nitrogens with zero attached hydrogens (tertiary/aromatic N) is 1. The van der Waals surface area contributed by atoms with Crippen molar-refractivity contribution in [2.24, 2.45) is 0 Å². The van der Waals surface area contributed by atoms with Crippen molar-refractivity contribution >= 4 is 17.6 Å². The van der Waals surface area contributed by atoms with E-state index in [2.05, 4.69) is 4.98 Å². The first-order valence-corrected chi connectivity index (χ1v) is 6.45. The summed E-state index contributed by atoms with van der Waals surface area (Å²) in [6.45, 7) is 0. The standard InChI is InChI=1S/C15H14ClNO3/c1-20-14-5-3-2-4-10(14)8-12(15(18)19)11-6-7-17-9-13(11)16/h2-7,9,12H,8H2,1H3,(H,18,19). The van der Waals surface area contributed by atoms with Crippen LogP contribution in [0.2, 0.25) is 5.02 Å². The molecule has 1 atom stereocenters. The lowest BCUT2D eigenvalue weighted by Crippen LogP contribution is -2.15. The molecule has 0 aliphatic rings. The van der Waals surface area contributed by atoms with E-state index >= 15 is 0 Å². The van der Waals surface area contributed by atoms with Crippen molar-refractivity contribution in [3.63, 3.8) is 0 Å². The van der Waals surface area contributed by atoms with Crippen molar-refractivity contribution in [3.8, 4) is 5.75 Å². The lowest BCUT2D eigenvalue weighted by atomic mass is 9.92. The molecule has 1 aromatic carbocycles. The summed E-state index contributed by atoms with van der Waals surface area (Å²) >= 11 is 6.05. The SMILES string of the molecule is COc1ccccc1CC(C(=O)O)c1ccncc1Cl. The van der Waals surface area contributed by atoms with Gasteiger partial charge < -0.3 is 9.84 Å².